The van der Waals surface area contributed by atoms with E-state index in [1.165, 1.54) is 0 Å². The number of halogens is 1. The van der Waals surface area contributed by atoms with Gasteiger partial charge in [0.05, 0.1) is 11.8 Å². The van der Waals surface area contributed by atoms with Gasteiger partial charge in [-0.25, -0.2) is 9.67 Å². The molecule has 8 nitrogen and oxygen atoms in total. The summed E-state index contributed by atoms with van der Waals surface area (Å²) in [7, 11) is 0. The van der Waals surface area contributed by atoms with Crippen LogP contribution >= 0.6 is 11.6 Å². The van der Waals surface area contributed by atoms with E-state index in [4.69, 9.17) is 16.3 Å². The lowest BCUT2D eigenvalue weighted by Crippen LogP contribution is -2.51. The molecule has 3 aromatic rings. The van der Waals surface area contributed by atoms with Gasteiger partial charge in [-0.05, 0) is 44.2 Å². The third kappa shape index (κ3) is 4.64. The van der Waals surface area contributed by atoms with E-state index < -0.39 is 0 Å². The number of pyridine rings is 1. The fourth-order valence-electron chi connectivity index (χ4n) is 3.54. The first-order valence-corrected chi connectivity index (χ1v) is 10.6. The van der Waals surface area contributed by atoms with Crippen LogP contribution in [0.25, 0.3) is 11.0 Å². The normalized spacial score (nSPS) is 14.3. The van der Waals surface area contributed by atoms with Crippen LogP contribution in [-0.4, -0.2) is 69.2 Å². The van der Waals surface area contributed by atoms with Crippen LogP contribution in [0.4, 0.5) is 0 Å². The molecular formula is C22H24ClN5O3. The van der Waals surface area contributed by atoms with Crippen molar-refractivity contribution in [2.45, 2.75) is 19.9 Å². The molecule has 0 aliphatic carbocycles. The van der Waals surface area contributed by atoms with Crippen molar-refractivity contribution in [2.24, 2.45) is 0 Å². The highest BCUT2D eigenvalue weighted by Gasteiger charge is 2.25. The predicted octanol–water partition coefficient (Wildman–Crippen LogP) is 3.03. The summed E-state index contributed by atoms with van der Waals surface area (Å²) >= 11 is 5.85. The zero-order valence-corrected chi connectivity index (χ0v) is 18.2. The SMILES string of the molecule is CC(C)n1ncc2cc(C(=O)N3CCN(C(=O)COc4ccc(Cl)cc4)CC3)cnc21. The molecule has 162 valence electrons. The molecule has 3 heterocycles. The molecule has 1 fully saturated rings. The molecule has 0 radical (unpaired) electrons. The smallest absolute Gasteiger partial charge is 0.260 e. The fourth-order valence-corrected chi connectivity index (χ4v) is 3.67. The molecule has 4 rings (SSSR count). The van der Waals surface area contributed by atoms with Crippen LogP contribution in [0, 0.1) is 0 Å². The molecule has 2 amide bonds. The lowest BCUT2D eigenvalue weighted by Gasteiger charge is -2.34. The van der Waals surface area contributed by atoms with Gasteiger partial charge in [-0.1, -0.05) is 11.6 Å². The Hall–Kier alpha value is -3.13. The van der Waals surface area contributed by atoms with Gasteiger partial charge in [0, 0.05) is 48.8 Å². The topological polar surface area (TPSA) is 80.6 Å². The first-order valence-electron chi connectivity index (χ1n) is 10.2. The number of benzene rings is 1. The molecule has 0 saturated carbocycles. The van der Waals surface area contributed by atoms with Crippen LogP contribution in [0.15, 0.2) is 42.7 Å². The van der Waals surface area contributed by atoms with Gasteiger partial charge >= 0.3 is 0 Å². The summed E-state index contributed by atoms with van der Waals surface area (Å²) in [4.78, 5) is 33.3. The molecule has 0 spiro atoms. The van der Waals surface area contributed by atoms with Crippen molar-refractivity contribution in [3.8, 4) is 5.75 Å². The minimum Gasteiger partial charge on any atom is -0.484 e. The summed E-state index contributed by atoms with van der Waals surface area (Å²) in [5, 5.41) is 5.80. The van der Waals surface area contributed by atoms with E-state index in [9.17, 15) is 9.59 Å². The quantitative estimate of drug-likeness (QED) is 0.608. The molecule has 1 aliphatic heterocycles. The highest BCUT2D eigenvalue weighted by Crippen LogP contribution is 2.19. The first-order chi connectivity index (χ1) is 14.9. The number of fused-ring (bicyclic) bond motifs is 1. The van der Waals surface area contributed by atoms with E-state index in [2.05, 4.69) is 10.1 Å². The van der Waals surface area contributed by atoms with Gasteiger partial charge in [0.25, 0.3) is 11.8 Å². The number of carbonyl (C=O) groups excluding carboxylic acids is 2. The van der Waals surface area contributed by atoms with E-state index in [-0.39, 0.29) is 24.5 Å². The number of aromatic nitrogens is 3. The second-order valence-corrected chi connectivity index (χ2v) is 8.17. The van der Waals surface area contributed by atoms with Gasteiger partial charge in [0.15, 0.2) is 12.3 Å². The van der Waals surface area contributed by atoms with E-state index in [0.717, 1.165) is 11.0 Å². The molecule has 1 aliphatic rings. The number of hydrogen-bond acceptors (Lipinski definition) is 5. The van der Waals surface area contributed by atoms with E-state index in [1.807, 2.05) is 24.6 Å². The average molecular weight is 442 g/mol. The van der Waals surface area contributed by atoms with Crippen LogP contribution in [0.1, 0.15) is 30.2 Å². The highest BCUT2D eigenvalue weighted by molar-refractivity contribution is 6.30. The summed E-state index contributed by atoms with van der Waals surface area (Å²) < 4.78 is 7.37. The summed E-state index contributed by atoms with van der Waals surface area (Å²) in [5.41, 5.74) is 1.30. The zero-order valence-electron chi connectivity index (χ0n) is 17.5. The van der Waals surface area contributed by atoms with E-state index in [0.29, 0.717) is 42.5 Å². The van der Waals surface area contributed by atoms with Gasteiger partial charge in [-0.15, -0.1) is 0 Å². The summed E-state index contributed by atoms with van der Waals surface area (Å²) in [6.45, 7) is 5.90. The van der Waals surface area contributed by atoms with Crippen molar-refractivity contribution in [3.63, 3.8) is 0 Å². The van der Waals surface area contributed by atoms with Crippen LogP contribution in [0.3, 0.4) is 0 Å². The van der Waals surface area contributed by atoms with Crippen molar-refractivity contribution in [1.29, 1.82) is 0 Å². The van der Waals surface area contributed by atoms with Crippen LogP contribution < -0.4 is 4.74 Å². The number of rotatable bonds is 5. The highest BCUT2D eigenvalue weighted by atomic mass is 35.5. The number of amides is 2. The van der Waals surface area contributed by atoms with Crippen molar-refractivity contribution in [2.75, 3.05) is 32.8 Å². The Morgan fingerprint density at radius 2 is 1.74 bits per heavy atom. The molecule has 1 saturated heterocycles. The Labute approximate surface area is 185 Å². The van der Waals surface area contributed by atoms with E-state index >= 15 is 0 Å². The minimum absolute atomic E-state index is 0.0456. The predicted molar refractivity (Wildman–Crippen MR) is 117 cm³/mol. The standard InChI is InChI=1S/C22H24ClN5O3/c1-15(2)28-21-16(13-25-28)11-17(12-24-21)22(30)27-9-7-26(8-10-27)20(29)14-31-19-5-3-18(23)4-6-19/h3-6,11-13,15H,7-10,14H2,1-2H3. The lowest BCUT2D eigenvalue weighted by atomic mass is 10.2. The second-order valence-electron chi connectivity index (χ2n) is 7.74. The lowest BCUT2D eigenvalue weighted by molar-refractivity contribution is -0.134. The maximum atomic E-state index is 12.9. The molecule has 0 atom stereocenters. The van der Waals surface area contributed by atoms with Crippen LogP contribution in [-0.2, 0) is 4.79 Å². The number of carbonyl (C=O) groups is 2. The Bertz CT molecular complexity index is 1090. The summed E-state index contributed by atoms with van der Waals surface area (Å²) in [6, 6.07) is 8.90. The Morgan fingerprint density at radius 3 is 2.42 bits per heavy atom. The molecule has 0 unspecified atom stereocenters. The Morgan fingerprint density at radius 1 is 1.06 bits per heavy atom. The maximum Gasteiger partial charge on any atom is 0.260 e. The molecule has 0 bridgehead atoms. The zero-order chi connectivity index (χ0) is 22.0. The number of piperazine rings is 1. The fraction of sp³-hybridized carbons (Fsp3) is 0.364. The molecular weight excluding hydrogens is 418 g/mol. The van der Waals surface area contributed by atoms with Crippen molar-refractivity contribution >= 4 is 34.4 Å². The molecule has 2 aromatic heterocycles. The molecule has 31 heavy (non-hydrogen) atoms. The van der Waals surface area contributed by atoms with Crippen molar-refractivity contribution < 1.29 is 14.3 Å². The number of nitrogens with zero attached hydrogens (tertiary/aromatic N) is 5. The molecule has 0 N–H and O–H groups in total. The van der Waals surface area contributed by atoms with E-state index in [1.54, 1.807) is 46.5 Å². The van der Waals surface area contributed by atoms with Gasteiger partial charge in [0.1, 0.15) is 5.75 Å². The van der Waals surface area contributed by atoms with Gasteiger partial charge in [0.2, 0.25) is 0 Å². The Kier molecular flexibility index (Phi) is 6.08. The summed E-state index contributed by atoms with van der Waals surface area (Å²) in [6.07, 6.45) is 3.33. The molecule has 9 heteroatoms. The van der Waals surface area contributed by atoms with Gasteiger partial charge in [-0.2, -0.15) is 5.10 Å². The van der Waals surface area contributed by atoms with Gasteiger partial charge < -0.3 is 14.5 Å². The second kappa shape index (κ2) is 8.93. The third-order valence-corrected chi connectivity index (χ3v) is 5.52. The maximum absolute atomic E-state index is 12.9. The van der Waals surface area contributed by atoms with Crippen molar-refractivity contribution in [1.82, 2.24) is 24.6 Å². The number of ether oxygens (including phenoxy) is 1. The van der Waals surface area contributed by atoms with Crippen LogP contribution in [0.2, 0.25) is 5.02 Å². The van der Waals surface area contributed by atoms with Crippen molar-refractivity contribution in [3.05, 3.63) is 53.3 Å². The summed E-state index contributed by atoms with van der Waals surface area (Å²) in [5.74, 6) is 0.401. The van der Waals surface area contributed by atoms with Gasteiger partial charge in [-0.3, -0.25) is 9.59 Å². The largest absolute Gasteiger partial charge is 0.484 e. The third-order valence-electron chi connectivity index (χ3n) is 5.26. The first kappa shape index (κ1) is 21.1. The average Bonchev–Trinajstić information content (AvgIpc) is 3.22. The minimum atomic E-state index is -0.105. The van der Waals surface area contributed by atoms with Crippen LogP contribution in [0.5, 0.6) is 5.75 Å². The Balaban J connectivity index is 1.32. The number of hydrogen-bond donors (Lipinski definition) is 0. The molecule has 1 aromatic carbocycles. The monoisotopic (exact) mass is 441 g/mol.